The van der Waals surface area contributed by atoms with Gasteiger partial charge in [-0.2, -0.15) is 0 Å². The zero-order valence-corrected chi connectivity index (χ0v) is 14.2. The van der Waals surface area contributed by atoms with Crippen molar-refractivity contribution < 1.29 is 0 Å². The summed E-state index contributed by atoms with van der Waals surface area (Å²) in [5.41, 5.74) is 0. The smallest absolute Gasteiger partial charge is 0.0198 e. The first-order chi connectivity index (χ1) is 9.60. The minimum absolute atomic E-state index is 0.727. The van der Waals surface area contributed by atoms with Crippen molar-refractivity contribution in [3.8, 4) is 0 Å². The maximum absolute atomic E-state index is 3.83. The zero-order chi connectivity index (χ0) is 14.5. The summed E-state index contributed by atoms with van der Waals surface area (Å²) in [4.78, 5) is 2.81. The molecule has 20 heavy (non-hydrogen) atoms. The molecule has 2 rings (SSSR count). The summed E-state index contributed by atoms with van der Waals surface area (Å²) < 4.78 is 0. The molecular formula is C18H36N2. The molecule has 0 radical (unpaired) electrons. The Morgan fingerprint density at radius 2 is 1.90 bits per heavy atom. The lowest BCUT2D eigenvalue weighted by Crippen LogP contribution is -2.54. The summed E-state index contributed by atoms with van der Waals surface area (Å²) in [5, 5.41) is 3.83. The van der Waals surface area contributed by atoms with Gasteiger partial charge >= 0.3 is 0 Å². The van der Waals surface area contributed by atoms with Gasteiger partial charge < -0.3 is 5.32 Å². The van der Waals surface area contributed by atoms with Crippen molar-refractivity contribution in [2.75, 3.05) is 19.6 Å². The maximum atomic E-state index is 3.83. The predicted molar refractivity (Wildman–Crippen MR) is 88.0 cm³/mol. The quantitative estimate of drug-likeness (QED) is 0.760. The molecule has 1 aliphatic carbocycles. The fraction of sp³-hybridized carbons (Fsp3) is 1.00. The van der Waals surface area contributed by atoms with Crippen molar-refractivity contribution in [3.63, 3.8) is 0 Å². The minimum atomic E-state index is 0.727. The number of hydrogen-bond acceptors (Lipinski definition) is 2. The Kier molecular flexibility index (Phi) is 6.35. The van der Waals surface area contributed by atoms with Crippen LogP contribution in [0.4, 0.5) is 0 Å². The van der Waals surface area contributed by atoms with Crippen molar-refractivity contribution >= 4 is 0 Å². The summed E-state index contributed by atoms with van der Waals surface area (Å²) in [6.07, 6.45) is 8.56. The zero-order valence-electron chi connectivity index (χ0n) is 14.2. The Morgan fingerprint density at radius 1 is 1.15 bits per heavy atom. The average Bonchev–Trinajstić information content (AvgIpc) is 2.34. The second-order valence-electron chi connectivity index (χ2n) is 7.77. The van der Waals surface area contributed by atoms with Gasteiger partial charge in [0.2, 0.25) is 0 Å². The van der Waals surface area contributed by atoms with Gasteiger partial charge in [-0.05, 0) is 56.9 Å². The van der Waals surface area contributed by atoms with Crippen LogP contribution in [0.2, 0.25) is 0 Å². The van der Waals surface area contributed by atoms with Crippen LogP contribution >= 0.6 is 0 Å². The normalized spacial score (nSPS) is 30.4. The molecule has 0 aromatic rings. The first-order valence-electron chi connectivity index (χ1n) is 9.07. The Balaban J connectivity index is 1.88. The third kappa shape index (κ3) is 4.46. The first-order valence-corrected chi connectivity index (χ1v) is 9.07. The van der Waals surface area contributed by atoms with Crippen molar-refractivity contribution in [1.82, 2.24) is 10.2 Å². The fourth-order valence-electron chi connectivity index (χ4n) is 3.96. The van der Waals surface area contributed by atoms with E-state index >= 15 is 0 Å². The van der Waals surface area contributed by atoms with E-state index in [2.05, 4.69) is 37.9 Å². The number of nitrogens with zero attached hydrogens (tertiary/aromatic N) is 1. The monoisotopic (exact) mass is 280 g/mol. The Labute approximate surface area is 126 Å². The van der Waals surface area contributed by atoms with Crippen LogP contribution in [0.15, 0.2) is 0 Å². The van der Waals surface area contributed by atoms with Crippen molar-refractivity contribution in [2.24, 2.45) is 17.8 Å². The van der Waals surface area contributed by atoms with Gasteiger partial charge in [0.25, 0.3) is 0 Å². The van der Waals surface area contributed by atoms with Gasteiger partial charge in [-0.1, -0.05) is 33.6 Å². The van der Waals surface area contributed by atoms with Crippen molar-refractivity contribution in [1.29, 1.82) is 0 Å². The van der Waals surface area contributed by atoms with E-state index in [0.717, 1.165) is 29.8 Å². The SMILES string of the molecule is CCCC1CC(NCC(C)C)CN(C(C)C2CCC2)C1. The van der Waals surface area contributed by atoms with E-state index in [-0.39, 0.29) is 0 Å². The van der Waals surface area contributed by atoms with Crippen LogP contribution in [0, 0.1) is 17.8 Å². The lowest BCUT2D eigenvalue weighted by Gasteiger charge is -2.46. The summed E-state index contributed by atoms with van der Waals surface area (Å²) >= 11 is 0. The van der Waals surface area contributed by atoms with Gasteiger partial charge in [-0.3, -0.25) is 4.90 Å². The second kappa shape index (κ2) is 7.79. The summed E-state index contributed by atoms with van der Waals surface area (Å²) in [6.45, 7) is 13.3. The highest BCUT2D eigenvalue weighted by molar-refractivity contribution is 4.89. The molecule has 3 unspecified atom stereocenters. The molecule has 1 N–H and O–H groups in total. The van der Waals surface area contributed by atoms with Gasteiger partial charge in [-0.15, -0.1) is 0 Å². The molecule has 2 nitrogen and oxygen atoms in total. The molecule has 1 saturated heterocycles. The molecule has 3 atom stereocenters. The molecule has 2 heteroatoms. The van der Waals surface area contributed by atoms with E-state index in [1.165, 1.54) is 58.2 Å². The maximum Gasteiger partial charge on any atom is 0.0198 e. The number of rotatable bonds is 7. The van der Waals surface area contributed by atoms with Crippen LogP contribution in [0.25, 0.3) is 0 Å². The summed E-state index contributed by atoms with van der Waals surface area (Å²) in [6, 6.07) is 1.54. The van der Waals surface area contributed by atoms with E-state index in [9.17, 15) is 0 Å². The van der Waals surface area contributed by atoms with Crippen LogP contribution in [-0.4, -0.2) is 36.6 Å². The minimum Gasteiger partial charge on any atom is -0.312 e. The number of likely N-dealkylation sites (tertiary alicyclic amines) is 1. The van der Waals surface area contributed by atoms with Crippen LogP contribution in [0.5, 0.6) is 0 Å². The molecule has 2 fully saturated rings. The molecule has 0 aromatic carbocycles. The van der Waals surface area contributed by atoms with Gasteiger partial charge in [0, 0.05) is 25.2 Å². The Bertz CT molecular complexity index is 273. The second-order valence-corrected chi connectivity index (χ2v) is 7.77. The third-order valence-corrected chi connectivity index (χ3v) is 5.49. The molecule has 0 amide bonds. The van der Waals surface area contributed by atoms with Crippen molar-refractivity contribution in [2.45, 2.75) is 78.3 Å². The third-order valence-electron chi connectivity index (χ3n) is 5.49. The summed E-state index contributed by atoms with van der Waals surface area (Å²) in [5.74, 6) is 2.67. The highest BCUT2D eigenvalue weighted by Crippen LogP contribution is 2.34. The van der Waals surface area contributed by atoms with E-state index < -0.39 is 0 Å². The Hall–Kier alpha value is -0.0800. The van der Waals surface area contributed by atoms with E-state index in [0.29, 0.717) is 0 Å². The average molecular weight is 281 g/mol. The standard InChI is InChI=1S/C18H36N2/c1-5-7-16-10-18(19-11-14(2)3)13-20(12-16)15(4)17-8-6-9-17/h14-19H,5-13H2,1-4H3. The van der Waals surface area contributed by atoms with Crippen LogP contribution in [0.3, 0.4) is 0 Å². The largest absolute Gasteiger partial charge is 0.312 e. The van der Waals surface area contributed by atoms with E-state index in [1.54, 1.807) is 0 Å². The van der Waals surface area contributed by atoms with Gasteiger partial charge in [0.05, 0.1) is 0 Å². The number of nitrogens with one attached hydrogen (secondary N) is 1. The van der Waals surface area contributed by atoms with E-state index in [4.69, 9.17) is 0 Å². The molecule has 0 bridgehead atoms. The van der Waals surface area contributed by atoms with Gasteiger partial charge in [-0.25, -0.2) is 0 Å². The highest BCUT2D eigenvalue weighted by atomic mass is 15.2. The van der Waals surface area contributed by atoms with E-state index in [1.807, 2.05) is 0 Å². The molecule has 1 heterocycles. The van der Waals surface area contributed by atoms with Gasteiger partial charge in [0.15, 0.2) is 0 Å². The van der Waals surface area contributed by atoms with Crippen LogP contribution in [-0.2, 0) is 0 Å². The first kappa shape index (κ1) is 16.3. The fourth-order valence-corrected chi connectivity index (χ4v) is 3.96. The number of piperidine rings is 1. The summed E-state index contributed by atoms with van der Waals surface area (Å²) in [7, 11) is 0. The lowest BCUT2D eigenvalue weighted by molar-refractivity contribution is 0.0488. The molecule has 2 aliphatic rings. The molecule has 118 valence electrons. The molecule has 1 aliphatic heterocycles. The van der Waals surface area contributed by atoms with Crippen LogP contribution in [0.1, 0.15) is 66.2 Å². The number of hydrogen-bond donors (Lipinski definition) is 1. The molecular weight excluding hydrogens is 244 g/mol. The van der Waals surface area contributed by atoms with Gasteiger partial charge in [0.1, 0.15) is 0 Å². The molecule has 0 spiro atoms. The predicted octanol–water partition coefficient (Wildman–Crippen LogP) is 3.91. The highest BCUT2D eigenvalue weighted by Gasteiger charge is 2.34. The lowest BCUT2D eigenvalue weighted by atomic mass is 9.78. The topological polar surface area (TPSA) is 15.3 Å². The molecule has 0 aromatic heterocycles. The molecule has 1 saturated carbocycles. The van der Waals surface area contributed by atoms with Crippen molar-refractivity contribution in [3.05, 3.63) is 0 Å². The van der Waals surface area contributed by atoms with Crippen LogP contribution < -0.4 is 5.32 Å². The Morgan fingerprint density at radius 3 is 2.45 bits per heavy atom.